The second kappa shape index (κ2) is 5.83. The zero-order valence-corrected chi connectivity index (χ0v) is 11.1. The molecule has 0 spiro atoms. The fourth-order valence-corrected chi connectivity index (χ4v) is 2.07. The van der Waals surface area contributed by atoms with Crippen LogP contribution in [0.4, 0.5) is 0 Å². The molecule has 1 aromatic carbocycles. The lowest BCUT2D eigenvalue weighted by Crippen LogP contribution is -2.02. The van der Waals surface area contributed by atoms with Gasteiger partial charge in [-0.2, -0.15) is 0 Å². The third-order valence-corrected chi connectivity index (χ3v) is 2.97. The van der Waals surface area contributed by atoms with Crippen LogP contribution in [-0.4, -0.2) is 11.5 Å². The molecule has 2 aromatic rings. The van der Waals surface area contributed by atoms with Gasteiger partial charge in [-0.1, -0.05) is 37.6 Å². The molecule has 1 aromatic heterocycles. The first-order valence-electron chi connectivity index (χ1n) is 6.50. The quantitative estimate of drug-likeness (QED) is 0.879. The van der Waals surface area contributed by atoms with E-state index in [-0.39, 0.29) is 0 Å². The standard InChI is InChI=1S/C15H20N2O/c1-3-4-12-5-7-13(8-6-12)15-11(2)18-14(17-15)9-10-16/h5-8H,3-4,9-10,16H2,1-2H3. The van der Waals surface area contributed by atoms with Gasteiger partial charge in [-0.3, -0.25) is 0 Å². The molecule has 0 saturated carbocycles. The number of nitrogens with two attached hydrogens (primary N) is 1. The lowest BCUT2D eigenvalue weighted by molar-refractivity contribution is 0.473. The van der Waals surface area contributed by atoms with Crippen molar-refractivity contribution in [2.45, 2.75) is 33.1 Å². The molecule has 0 aliphatic rings. The Balaban J connectivity index is 2.24. The Hall–Kier alpha value is -1.61. The van der Waals surface area contributed by atoms with Gasteiger partial charge in [0.05, 0.1) is 0 Å². The number of nitrogens with zero attached hydrogens (tertiary/aromatic N) is 1. The van der Waals surface area contributed by atoms with Crippen LogP contribution in [0.15, 0.2) is 28.7 Å². The maximum absolute atomic E-state index is 5.60. The van der Waals surface area contributed by atoms with E-state index in [1.54, 1.807) is 0 Å². The molecule has 0 saturated heterocycles. The topological polar surface area (TPSA) is 52.0 Å². The summed E-state index contributed by atoms with van der Waals surface area (Å²) in [7, 11) is 0. The normalized spacial score (nSPS) is 10.8. The maximum atomic E-state index is 5.60. The van der Waals surface area contributed by atoms with E-state index in [1.165, 1.54) is 12.0 Å². The van der Waals surface area contributed by atoms with Crippen LogP contribution in [0.3, 0.4) is 0 Å². The van der Waals surface area contributed by atoms with E-state index in [2.05, 4.69) is 36.2 Å². The molecule has 3 nitrogen and oxygen atoms in total. The molecule has 0 amide bonds. The second-order valence-electron chi connectivity index (χ2n) is 4.50. The minimum atomic E-state index is 0.564. The van der Waals surface area contributed by atoms with Crippen LogP contribution in [0, 0.1) is 6.92 Å². The average Bonchev–Trinajstić information content (AvgIpc) is 2.72. The van der Waals surface area contributed by atoms with Crippen LogP contribution in [0.1, 0.15) is 30.6 Å². The summed E-state index contributed by atoms with van der Waals surface area (Å²) in [5, 5.41) is 0. The van der Waals surface area contributed by atoms with Crippen molar-refractivity contribution in [1.29, 1.82) is 0 Å². The molecule has 0 unspecified atom stereocenters. The highest BCUT2D eigenvalue weighted by molar-refractivity contribution is 5.61. The van der Waals surface area contributed by atoms with Crippen molar-refractivity contribution in [1.82, 2.24) is 4.98 Å². The second-order valence-corrected chi connectivity index (χ2v) is 4.50. The third-order valence-electron chi connectivity index (χ3n) is 2.97. The van der Waals surface area contributed by atoms with Crippen LogP contribution < -0.4 is 5.73 Å². The van der Waals surface area contributed by atoms with Crippen LogP contribution in [0.25, 0.3) is 11.3 Å². The van der Waals surface area contributed by atoms with Gasteiger partial charge in [-0.15, -0.1) is 0 Å². The van der Waals surface area contributed by atoms with Gasteiger partial charge in [0.2, 0.25) is 0 Å². The predicted octanol–water partition coefficient (Wildman–Crippen LogP) is 3.10. The molecule has 0 aliphatic heterocycles. The summed E-state index contributed by atoms with van der Waals surface area (Å²) in [6.07, 6.45) is 2.98. The number of aromatic nitrogens is 1. The highest BCUT2D eigenvalue weighted by Crippen LogP contribution is 2.24. The monoisotopic (exact) mass is 244 g/mol. The van der Waals surface area contributed by atoms with E-state index in [0.717, 1.165) is 29.3 Å². The SMILES string of the molecule is CCCc1ccc(-c2nc(CCN)oc2C)cc1. The van der Waals surface area contributed by atoms with Crippen LogP contribution in [0.5, 0.6) is 0 Å². The molecule has 1 heterocycles. The van der Waals surface area contributed by atoms with Gasteiger partial charge < -0.3 is 10.2 Å². The number of hydrogen-bond acceptors (Lipinski definition) is 3. The van der Waals surface area contributed by atoms with Crippen molar-refractivity contribution >= 4 is 0 Å². The number of benzene rings is 1. The van der Waals surface area contributed by atoms with Crippen molar-refractivity contribution in [2.24, 2.45) is 5.73 Å². The first-order valence-corrected chi connectivity index (χ1v) is 6.50. The average molecular weight is 244 g/mol. The Morgan fingerprint density at radius 2 is 1.89 bits per heavy atom. The first-order chi connectivity index (χ1) is 8.74. The minimum Gasteiger partial charge on any atom is -0.445 e. The largest absolute Gasteiger partial charge is 0.445 e. The molecule has 0 atom stereocenters. The molecule has 0 radical (unpaired) electrons. The van der Waals surface area contributed by atoms with Gasteiger partial charge in [0.25, 0.3) is 0 Å². The Labute approximate surface area is 108 Å². The van der Waals surface area contributed by atoms with Crippen LogP contribution in [-0.2, 0) is 12.8 Å². The minimum absolute atomic E-state index is 0.564. The molecule has 0 bridgehead atoms. The Kier molecular flexibility index (Phi) is 4.15. The van der Waals surface area contributed by atoms with Gasteiger partial charge in [-0.05, 0) is 18.9 Å². The lowest BCUT2D eigenvalue weighted by atomic mass is 10.1. The van der Waals surface area contributed by atoms with E-state index in [4.69, 9.17) is 10.2 Å². The molecule has 18 heavy (non-hydrogen) atoms. The fourth-order valence-electron chi connectivity index (χ4n) is 2.07. The van der Waals surface area contributed by atoms with Gasteiger partial charge in [0.1, 0.15) is 11.5 Å². The van der Waals surface area contributed by atoms with Crippen molar-refractivity contribution in [3.8, 4) is 11.3 Å². The molecular weight excluding hydrogens is 224 g/mol. The number of aryl methyl sites for hydroxylation is 2. The Bertz CT molecular complexity index is 500. The van der Waals surface area contributed by atoms with Crippen LogP contribution in [0.2, 0.25) is 0 Å². The smallest absolute Gasteiger partial charge is 0.196 e. The van der Waals surface area contributed by atoms with Crippen molar-refractivity contribution in [3.63, 3.8) is 0 Å². The van der Waals surface area contributed by atoms with E-state index in [9.17, 15) is 0 Å². The molecule has 3 heteroatoms. The van der Waals surface area contributed by atoms with Gasteiger partial charge in [-0.25, -0.2) is 4.98 Å². The van der Waals surface area contributed by atoms with Gasteiger partial charge >= 0.3 is 0 Å². The summed E-state index contributed by atoms with van der Waals surface area (Å²) >= 11 is 0. The number of hydrogen-bond donors (Lipinski definition) is 1. The molecular formula is C15H20N2O. The highest BCUT2D eigenvalue weighted by Gasteiger charge is 2.10. The van der Waals surface area contributed by atoms with Crippen LogP contribution >= 0.6 is 0 Å². The van der Waals surface area contributed by atoms with Gasteiger partial charge in [0.15, 0.2) is 5.89 Å². The van der Waals surface area contributed by atoms with Crippen molar-refractivity contribution < 1.29 is 4.42 Å². The molecule has 96 valence electrons. The van der Waals surface area contributed by atoms with E-state index < -0.39 is 0 Å². The highest BCUT2D eigenvalue weighted by atomic mass is 16.4. The zero-order chi connectivity index (χ0) is 13.0. The maximum Gasteiger partial charge on any atom is 0.196 e. The van der Waals surface area contributed by atoms with E-state index in [1.807, 2.05) is 6.92 Å². The Morgan fingerprint density at radius 3 is 2.50 bits per heavy atom. The summed E-state index contributed by atoms with van der Waals surface area (Å²) in [6, 6.07) is 8.55. The molecule has 0 fully saturated rings. The summed E-state index contributed by atoms with van der Waals surface area (Å²) in [5.41, 5.74) is 8.92. The van der Waals surface area contributed by atoms with Gasteiger partial charge in [0, 0.05) is 18.5 Å². The molecule has 0 aliphatic carbocycles. The number of rotatable bonds is 5. The summed E-state index contributed by atoms with van der Waals surface area (Å²) in [6.45, 7) is 4.70. The molecule has 2 rings (SSSR count). The number of oxazole rings is 1. The third kappa shape index (κ3) is 2.79. The first kappa shape index (κ1) is 12.8. The predicted molar refractivity (Wildman–Crippen MR) is 73.4 cm³/mol. The fraction of sp³-hybridized carbons (Fsp3) is 0.400. The Morgan fingerprint density at radius 1 is 1.17 bits per heavy atom. The van der Waals surface area contributed by atoms with Crippen molar-refractivity contribution in [3.05, 3.63) is 41.5 Å². The molecule has 2 N–H and O–H groups in total. The lowest BCUT2D eigenvalue weighted by Gasteiger charge is -2.01. The van der Waals surface area contributed by atoms with E-state index >= 15 is 0 Å². The van der Waals surface area contributed by atoms with E-state index in [0.29, 0.717) is 13.0 Å². The summed E-state index contributed by atoms with van der Waals surface area (Å²) in [4.78, 5) is 4.50. The van der Waals surface area contributed by atoms with Crippen molar-refractivity contribution in [2.75, 3.05) is 6.54 Å². The zero-order valence-electron chi connectivity index (χ0n) is 11.1. The summed E-state index contributed by atoms with van der Waals surface area (Å²) in [5.74, 6) is 1.59. The summed E-state index contributed by atoms with van der Waals surface area (Å²) < 4.78 is 5.60.